The number of quaternary nitrogens is 1. The first-order valence-electron chi connectivity index (χ1n) is 11.2. The van der Waals surface area contributed by atoms with Crippen molar-refractivity contribution in [2.45, 2.75) is 94.5 Å². The van der Waals surface area contributed by atoms with E-state index < -0.39 is 0 Å². The lowest BCUT2D eigenvalue weighted by molar-refractivity contribution is -0.939. The highest BCUT2D eigenvalue weighted by Gasteiger charge is 2.38. The average molecular weight is 380 g/mol. The summed E-state index contributed by atoms with van der Waals surface area (Å²) in [6, 6.07) is 6.20. The first-order valence-corrected chi connectivity index (χ1v) is 11.2. The van der Waals surface area contributed by atoms with E-state index in [0.29, 0.717) is 0 Å². The first kappa shape index (κ1) is 27.9. The van der Waals surface area contributed by atoms with Gasteiger partial charge in [0.05, 0.1) is 19.6 Å². The van der Waals surface area contributed by atoms with Crippen LogP contribution in [0, 0.1) is 13.8 Å². The van der Waals surface area contributed by atoms with Gasteiger partial charge in [0.25, 0.3) is 5.91 Å². The number of nitrogens with zero attached hydrogens (tertiary/aromatic N) is 1. The zero-order valence-electron chi connectivity index (χ0n) is 19.9. The minimum Gasteiger partial charge on any atom is -0.320 e. The quantitative estimate of drug-likeness (QED) is 0.473. The minimum atomic E-state index is 0.0361. The lowest BCUT2D eigenvalue weighted by atomic mass is 10.0. The van der Waals surface area contributed by atoms with Crippen LogP contribution in [-0.4, -0.2) is 36.1 Å². The van der Waals surface area contributed by atoms with Gasteiger partial charge >= 0.3 is 0 Å². The summed E-state index contributed by atoms with van der Waals surface area (Å²) >= 11 is 0. The third-order valence-electron chi connectivity index (χ3n) is 5.18. The summed E-state index contributed by atoms with van der Waals surface area (Å²) in [4.78, 5) is 13.1. The Morgan fingerprint density at radius 1 is 0.926 bits per heavy atom. The molecule has 1 amide bonds. The number of nitrogens with one attached hydrogen (secondary N) is 1. The van der Waals surface area contributed by atoms with Gasteiger partial charge in [-0.25, -0.2) is 0 Å². The molecule has 0 bridgehead atoms. The van der Waals surface area contributed by atoms with Gasteiger partial charge in [0.2, 0.25) is 0 Å². The van der Waals surface area contributed by atoms with E-state index >= 15 is 0 Å². The molecule has 1 atom stereocenters. The number of hydrogen-bond donors (Lipinski definition) is 1. The predicted octanol–water partition coefficient (Wildman–Crippen LogP) is 6.73. The summed E-state index contributed by atoms with van der Waals surface area (Å²) in [5.41, 5.74) is 3.26. The van der Waals surface area contributed by atoms with Crippen molar-refractivity contribution in [1.82, 2.24) is 0 Å². The van der Waals surface area contributed by atoms with E-state index in [1.54, 1.807) is 0 Å². The van der Waals surface area contributed by atoms with Gasteiger partial charge in [0, 0.05) is 12.1 Å². The number of anilines is 1. The number of rotatable bonds is 9. The van der Waals surface area contributed by atoms with Gasteiger partial charge in [0.15, 0.2) is 6.04 Å². The van der Waals surface area contributed by atoms with Crippen molar-refractivity contribution in [3.8, 4) is 0 Å². The van der Waals surface area contributed by atoms with Crippen LogP contribution in [0.1, 0.15) is 85.8 Å². The molecule has 0 saturated heterocycles. The normalized spacial score (nSPS) is 11.5. The van der Waals surface area contributed by atoms with Crippen molar-refractivity contribution in [3.05, 3.63) is 29.3 Å². The summed E-state index contributed by atoms with van der Waals surface area (Å²) in [5.74, 6) is 0.182. The average Bonchev–Trinajstić information content (AvgIpc) is 2.70. The number of benzene rings is 1. The lowest BCUT2D eigenvalue weighted by Crippen LogP contribution is -2.60. The fourth-order valence-electron chi connectivity index (χ4n) is 3.73. The molecule has 0 spiro atoms. The van der Waals surface area contributed by atoms with Crippen molar-refractivity contribution < 1.29 is 9.28 Å². The molecule has 0 radical (unpaired) electrons. The van der Waals surface area contributed by atoms with Crippen LogP contribution in [0.15, 0.2) is 18.2 Å². The highest BCUT2D eigenvalue weighted by molar-refractivity contribution is 5.95. The number of likely N-dealkylation sites (N-methyl/N-ethyl adjacent to an activating group) is 1. The van der Waals surface area contributed by atoms with Crippen molar-refractivity contribution in [1.29, 1.82) is 0 Å². The molecular formula is C24H47N2O+. The topological polar surface area (TPSA) is 29.1 Å². The summed E-state index contributed by atoms with van der Waals surface area (Å²) in [6.45, 7) is 24.0. The molecular weight excluding hydrogens is 332 g/mol. The molecule has 0 aliphatic carbocycles. The summed E-state index contributed by atoms with van der Waals surface area (Å²) in [7, 11) is 0. The van der Waals surface area contributed by atoms with Gasteiger partial charge in [-0.15, -0.1) is 0 Å². The molecule has 0 fully saturated rings. The molecule has 27 heavy (non-hydrogen) atoms. The van der Waals surface area contributed by atoms with Gasteiger partial charge in [-0.05, 0) is 51.7 Å². The molecule has 3 heteroatoms. The Labute approximate surface area is 170 Å². The predicted molar refractivity (Wildman–Crippen MR) is 122 cm³/mol. The highest BCUT2D eigenvalue weighted by atomic mass is 16.2. The van der Waals surface area contributed by atoms with E-state index in [2.05, 4.69) is 59.0 Å². The maximum absolute atomic E-state index is 13.1. The number of aryl methyl sites for hydroxylation is 2. The first-order chi connectivity index (χ1) is 13.0. The van der Waals surface area contributed by atoms with Crippen LogP contribution >= 0.6 is 0 Å². The Bertz CT molecular complexity index is 487. The molecule has 0 heterocycles. The van der Waals surface area contributed by atoms with E-state index in [-0.39, 0.29) is 11.9 Å². The van der Waals surface area contributed by atoms with Gasteiger partial charge < -0.3 is 9.80 Å². The molecule has 1 N–H and O–H groups in total. The number of amides is 1. The highest BCUT2D eigenvalue weighted by Crippen LogP contribution is 2.24. The van der Waals surface area contributed by atoms with Gasteiger partial charge in [-0.2, -0.15) is 0 Å². The van der Waals surface area contributed by atoms with Crippen LogP contribution in [0.4, 0.5) is 5.69 Å². The molecule has 0 saturated carbocycles. The Kier molecular flexibility index (Phi) is 16.2. The molecule has 158 valence electrons. The molecule has 0 aromatic heterocycles. The Hall–Kier alpha value is -1.35. The van der Waals surface area contributed by atoms with Gasteiger partial charge in [-0.1, -0.05) is 59.7 Å². The molecule has 1 aromatic carbocycles. The second-order valence-electron chi connectivity index (χ2n) is 6.64. The van der Waals surface area contributed by atoms with Crippen LogP contribution in [0.25, 0.3) is 0 Å². The Morgan fingerprint density at radius 3 is 1.78 bits per heavy atom. The Balaban J connectivity index is 0. The molecule has 1 unspecified atom stereocenters. The second-order valence-corrected chi connectivity index (χ2v) is 6.64. The van der Waals surface area contributed by atoms with Crippen LogP contribution in [0.5, 0.6) is 0 Å². The number of hydrogen-bond acceptors (Lipinski definition) is 1. The summed E-state index contributed by atoms with van der Waals surface area (Å²) < 4.78 is 0.890. The van der Waals surface area contributed by atoms with Crippen molar-refractivity contribution >= 4 is 11.6 Å². The van der Waals surface area contributed by atoms with Crippen LogP contribution in [0.2, 0.25) is 0 Å². The van der Waals surface area contributed by atoms with Crippen LogP contribution in [-0.2, 0) is 4.79 Å². The fraction of sp³-hybridized carbons (Fsp3) is 0.708. The Morgan fingerprint density at radius 2 is 1.41 bits per heavy atom. The number of carbonyl (C=O) groups excluding carboxylic acids is 1. The maximum atomic E-state index is 13.1. The van der Waals surface area contributed by atoms with Crippen molar-refractivity contribution in [2.75, 3.05) is 25.0 Å². The van der Waals surface area contributed by atoms with E-state index in [4.69, 9.17) is 0 Å². The molecule has 1 aromatic rings. The smallest absolute Gasteiger partial charge is 0.282 e. The fourth-order valence-corrected chi connectivity index (χ4v) is 3.73. The second kappa shape index (κ2) is 15.7. The summed E-state index contributed by atoms with van der Waals surface area (Å²) in [6.07, 6.45) is 3.09. The van der Waals surface area contributed by atoms with Crippen LogP contribution < -0.4 is 5.32 Å². The van der Waals surface area contributed by atoms with E-state index in [9.17, 15) is 4.79 Å². The lowest BCUT2D eigenvalue weighted by Gasteiger charge is -2.43. The van der Waals surface area contributed by atoms with Gasteiger partial charge in [0.1, 0.15) is 0 Å². The largest absolute Gasteiger partial charge is 0.320 e. The zero-order chi connectivity index (χ0) is 21.5. The summed E-state index contributed by atoms with van der Waals surface area (Å²) in [5, 5.41) is 3.24. The molecule has 1 rings (SSSR count). The van der Waals surface area contributed by atoms with Crippen LogP contribution in [0.3, 0.4) is 0 Å². The van der Waals surface area contributed by atoms with Crippen molar-refractivity contribution in [2.24, 2.45) is 0 Å². The van der Waals surface area contributed by atoms with Gasteiger partial charge in [-0.3, -0.25) is 4.79 Å². The zero-order valence-corrected chi connectivity index (χ0v) is 19.9. The number of para-hydroxylation sites is 1. The van der Waals surface area contributed by atoms with E-state index in [1.165, 1.54) is 0 Å². The molecule has 3 nitrogen and oxygen atoms in total. The maximum Gasteiger partial charge on any atom is 0.282 e. The molecule has 0 aliphatic rings. The minimum absolute atomic E-state index is 0.0361. The third-order valence-corrected chi connectivity index (χ3v) is 5.18. The third kappa shape index (κ3) is 8.04. The van der Waals surface area contributed by atoms with E-state index in [1.807, 2.05) is 33.8 Å². The molecule has 0 aliphatic heterocycles. The monoisotopic (exact) mass is 379 g/mol. The number of carbonyl (C=O) groups is 1. The van der Waals surface area contributed by atoms with E-state index in [0.717, 1.165) is 60.2 Å². The SMILES string of the molecule is CC.CC.CCCC(C(=O)Nc1c(C)cccc1C)[N+](CC)(CC)CCC. The van der Waals surface area contributed by atoms with Crippen molar-refractivity contribution in [3.63, 3.8) is 0 Å². The standard InChI is InChI=1S/C20H34N2O.2C2H6/c1-7-12-18(22(9-3,10-4)15-8-2)20(23)21-19-16(5)13-11-14-17(19)6;2*1-2/h11,13-14,18H,7-10,12,15H2,1-6H3;2*1-2H3/p+1.